The van der Waals surface area contributed by atoms with Crippen LogP contribution in [0.5, 0.6) is 0 Å². The van der Waals surface area contributed by atoms with Crippen LogP contribution < -0.4 is 22.1 Å². The first kappa shape index (κ1) is 27.6. The summed E-state index contributed by atoms with van der Waals surface area (Å²) in [7, 11) is 0. The number of carbonyl (C=O) groups excluding carboxylic acids is 1. The van der Waals surface area contributed by atoms with E-state index in [1.165, 1.54) is 82.1 Å². The summed E-state index contributed by atoms with van der Waals surface area (Å²) < 4.78 is 2.61. The smallest absolute Gasteiger partial charge is 0.220 e. The Morgan fingerprint density at radius 2 is 1.83 bits per heavy atom. The number of rotatable bonds is 12. The zero-order chi connectivity index (χ0) is 25.4. The van der Waals surface area contributed by atoms with Gasteiger partial charge in [0.1, 0.15) is 12.0 Å². The first-order valence-electron chi connectivity index (χ1n) is 15.1. The molecule has 0 radical (unpaired) electrons. The standard InChI is InChI=1S/C29H52N6O/c1-2-3-10-25-33-27-24(19-29(34-28(27)31)16-7-5-8-17-29)35(25)21-23-14-12-22(13-15-23)20-32-26(36)11-6-4-9-18-30/h22-23,28,34H,2-21,30-31H2,1H3,(H,32,36). The first-order valence-corrected chi connectivity index (χ1v) is 15.1. The number of nitrogens with one attached hydrogen (secondary N) is 2. The maximum Gasteiger partial charge on any atom is 0.220 e. The van der Waals surface area contributed by atoms with Crippen LogP contribution in [0.3, 0.4) is 0 Å². The summed E-state index contributed by atoms with van der Waals surface area (Å²) in [4.78, 5) is 17.3. The molecule has 2 heterocycles. The lowest BCUT2D eigenvalue weighted by Gasteiger charge is -2.44. The Kier molecular flexibility index (Phi) is 10.3. The molecule has 1 aliphatic heterocycles. The van der Waals surface area contributed by atoms with E-state index in [1.54, 1.807) is 0 Å². The molecule has 36 heavy (non-hydrogen) atoms. The molecule has 1 aromatic rings. The van der Waals surface area contributed by atoms with Gasteiger partial charge in [0.05, 0.1) is 5.69 Å². The molecule has 1 amide bonds. The molecule has 2 fully saturated rings. The quantitative estimate of drug-likeness (QED) is 0.316. The summed E-state index contributed by atoms with van der Waals surface area (Å²) >= 11 is 0. The summed E-state index contributed by atoms with van der Waals surface area (Å²) in [5.41, 5.74) is 14.9. The van der Waals surface area contributed by atoms with Crippen molar-refractivity contribution in [1.29, 1.82) is 0 Å². The number of imidazole rings is 1. The highest BCUT2D eigenvalue weighted by Gasteiger charge is 2.41. The highest BCUT2D eigenvalue weighted by atomic mass is 16.1. The molecule has 4 rings (SSSR count). The molecule has 7 nitrogen and oxygen atoms in total. The zero-order valence-corrected chi connectivity index (χ0v) is 22.8. The molecule has 1 aromatic heterocycles. The Labute approximate surface area is 218 Å². The SMILES string of the molecule is CCCCc1nc2c(n1CC1CCC(CNC(=O)CCCCCN)CC1)CC1(CCCCC1)NC2N. The molecule has 2 saturated carbocycles. The molecule has 0 bridgehead atoms. The molecule has 7 heteroatoms. The van der Waals surface area contributed by atoms with Crippen molar-refractivity contribution in [3.8, 4) is 0 Å². The minimum atomic E-state index is -0.136. The molecule has 6 N–H and O–H groups in total. The van der Waals surface area contributed by atoms with Crippen LogP contribution in [0.4, 0.5) is 0 Å². The summed E-state index contributed by atoms with van der Waals surface area (Å²) in [6, 6.07) is 0. The van der Waals surface area contributed by atoms with E-state index < -0.39 is 0 Å². The highest BCUT2D eigenvalue weighted by molar-refractivity contribution is 5.75. The van der Waals surface area contributed by atoms with E-state index in [0.717, 1.165) is 57.4 Å². The Morgan fingerprint density at radius 3 is 2.56 bits per heavy atom. The number of hydrogen-bond acceptors (Lipinski definition) is 5. The topological polar surface area (TPSA) is 111 Å². The predicted molar refractivity (Wildman–Crippen MR) is 146 cm³/mol. The molecule has 2 aliphatic carbocycles. The van der Waals surface area contributed by atoms with E-state index in [2.05, 4.69) is 22.1 Å². The first-order chi connectivity index (χ1) is 17.5. The largest absolute Gasteiger partial charge is 0.356 e. The maximum absolute atomic E-state index is 12.2. The Hall–Kier alpha value is -1.44. The van der Waals surface area contributed by atoms with Crippen LogP contribution in [0.1, 0.15) is 127 Å². The molecule has 0 aromatic carbocycles. The number of nitrogens with zero attached hydrogens (tertiary/aromatic N) is 2. The second kappa shape index (κ2) is 13.4. The molecular weight excluding hydrogens is 448 g/mol. The van der Waals surface area contributed by atoms with Gasteiger partial charge in [-0.25, -0.2) is 4.98 Å². The van der Waals surface area contributed by atoms with E-state index in [0.29, 0.717) is 18.3 Å². The summed E-state index contributed by atoms with van der Waals surface area (Å²) in [6.07, 6.45) is 19.4. The number of nitrogens with two attached hydrogens (primary N) is 2. The van der Waals surface area contributed by atoms with Gasteiger partial charge in [0.25, 0.3) is 0 Å². The average Bonchev–Trinajstić information content (AvgIpc) is 3.22. The Morgan fingerprint density at radius 1 is 1.08 bits per heavy atom. The van der Waals surface area contributed by atoms with Gasteiger partial charge in [0.15, 0.2) is 0 Å². The van der Waals surface area contributed by atoms with Crippen molar-refractivity contribution in [2.24, 2.45) is 23.3 Å². The van der Waals surface area contributed by atoms with Gasteiger partial charge in [-0.2, -0.15) is 0 Å². The third-order valence-electron chi connectivity index (χ3n) is 9.11. The van der Waals surface area contributed by atoms with Crippen molar-refractivity contribution in [2.45, 2.75) is 134 Å². The normalized spacial score (nSPS) is 25.6. The summed E-state index contributed by atoms with van der Waals surface area (Å²) in [5.74, 6) is 2.78. The van der Waals surface area contributed by atoms with Crippen LogP contribution in [-0.4, -0.2) is 34.1 Å². The van der Waals surface area contributed by atoms with Gasteiger partial charge in [0.2, 0.25) is 5.91 Å². The van der Waals surface area contributed by atoms with Gasteiger partial charge < -0.3 is 21.4 Å². The fourth-order valence-corrected chi connectivity index (χ4v) is 6.88. The number of amides is 1. The Balaban J connectivity index is 1.34. The zero-order valence-electron chi connectivity index (χ0n) is 22.8. The molecular formula is C29H52N6O. The molecule has 1 spiro atoms. The summed E-state index contributed by atoms with van der Waals surface area (Å²) in [5, 5.41) is 6.99. The van der Waals surface area contributed by atoms with Crippen LogP contribution in [0, 0.1) is 11.8 Å². The van der Waals surface area contributed by atoms with E-state index in [4.69, 9.17) is 16.5 Å². The van der Waals surface area contributed by atoms with Crippen LogP contribution in [0.2, 0.25) is 0 Å². The second-order valence-electron chi connectivity index (χ2n) is 12.0. The van der Waals surface area contributed by atoms with Gasteiger partial charge in [-0.3, -0.25) is 10.1 Å². The van der Waals surface area contributed by atoms with Gasteiger partial charge in [-0.05, 0) is 76.2 Å². The lowest BCUT2D eigenvalue weighted by atomic mass is 9.76. The van der Waals surface area contributed by atoms with Crippen LogP contribution >= 0.6 is 0 Å². The van der Waals surface area contributed by atoms with E-state index in [1.807, 2.05) is 0 Å². The number of hydrogen-bond donors (Lipinski definition) is 4. The maximum atomic E-state index is 12.2. The van der Waals surface area contributed by atoms with E-state index >= 15 is 0 Å². The molecule has 3 aliphatic rings. The van der Waals surface area contributed by atoms with E-state index in [-0.39, 0.29) is 17.6 Å². The lowest BCUT2D eigenvalue weighted by Crippen LogP contribution is -2.55. The van der Waals surface area contributed by atoms with E-state index in [9.17, 15) is 4.79 Å². The molecule has 1 unspecified atom stereocenters. The highest BCUT2D eigenvalue weighted by Crippen LogP contribution is 2.39. The Bertz CT molecular complexity index is 822. The van der Waals surface area contributed by atoms with Crippen molar-refractivity contribution in [1.82, 2.24) is 20.2 Å². The van der Waals surface area contributed by atoms with Crippen LogP contribution in [-0.2, 0) is 24.2 Å². The average molecular weight is 501 g/mol. The second-order valence-corrected chi connectivity index (χ2v) is 12.0. The minimum Gasteiger partial charge on any atom is -0.356 e. The van der Waals surface area contributed by atoms with Crippen molar-refractivity contribution < 1.29 is 4.79 Å². The van der Waals surface area contributed by atoms with Crippen molar-refractivity contribution in [3.05, 3.63) is 17.2 Å². The third kappa shape index (κ3) is 7.11. The molecule has 1 atom stereocenters. The third-order valence-corrected chi connectivity index (χ3v) is 9.11. The fraction of sp³-hybridized carbons (Fsp3) is 0.862. The number of aromatic nitrogens is 2. The number of carbonyl (C=O) groups is 1. The number of aryl methyl sites for hydroxylation is 1. The number of unbranched alkanes of at least 4 members (excludes halogenated alkanes) is 3. The van der Waals surface area contributed by atoms with Gasteiger partial charge in [-0.1, -0.05) is 39.0 Å². The number of fused-ring (bicyclic) bond motifs is 1. The molecule has 0 saturated heterocycles. The van der Waals surface area contributed by atoms with Crippen LogP contribution in [0.25, 0.3) is 0 Å². The fourth-order valence-electron chi connectivity index (χ4n) is 6.88. The van der Waals surface area contributed by atoms with Crippen LogP contribution in [0.15, 0.2) is 0 Å². The van der Waals surface area contributed by atoms with Crippen molar-refractivity contribution in [3.63, 3.8) is 0 Å². The van der Waals surface area contributed by atoms with Gasteiger partial charge in [0, 0.05) is 43.6 Å². The van der Waals surface area contributed by atoms with Gasteiger partial charge >= 0.3 is 0 Å². The van der Waals surface area contributed by atoms with Crippen molar-refractivity contribution >= 4 is 5.91 Å². The minimum absolute atomic E-state index is 0.136. The molecule has 204 valence electrons. The summed E-state index contributed by atoms with van der Waals surface area (Å²) in [6.45, 7) is 4.91. The predicted octanol–water partition coefficient (Wildman–Crippen LogP) is 4.47. The van der Waals surface area contributed by atoms with Gasteiger partial charge in [-0.15, -0.1) is 0 Å². The van der Waals surface area contributed by atoms with Crippen molar-refractivity contribution in [2.75, 3.05) is 13.1 Å². The monoisotopic (exact) mass is 500 g/mol. The lowest BCUT2D eigenvalue weighted by molar-refractivity contribution is -0.121.